The normalized spacial score (nSPS) is 19.2. The maximum atomic E-state index is 12.6. The summed E-state index contributed by atoms with van der Waals surface area (Å²) in [6, 6.07) is 16.6. The number of fused-ring (bicyclic) bond motifs is 1. The fourth-order valence-corrected chi connectivity index (χ4v) is 3.40. The van der Waals surface area contributed by atoms with Crippen molar-refractivity contribution in [1.29, 1.82) is 0 Å². The van der Waals surface area contributed by atoms with Crippen molar-refractivity contribution in [3.05, 3.63) is 72.1 Å². The van der Waals surface area contributed by atoms with E-state index in [9.17, 15) is 4.79 Å². The minimum atomic E-state index is 0.0792. The second-order valence-electron chi connectivity index (χ2n) is 7.20. The van der Waals surface area contributed by atoms with Crippen LogP contribution in [0.3, 0.4) is 0 Å². The van der Waals surface area contributed by atoms with Crippen molar-refractivity contribution >= 4 is 22.4 Å². The Hall–Kier alpha value is -2.68. The number of hydrogen-bond acceptors (Lipinski definition) is 2. The molecule has 4 rings (SSSR count). The molecular weight excluding hydrogens is 308 g/mol. The van der Waals surface area contributed by atoms with Gasteiger partial charge in [0.1, 0.15) is 0 Å². The quantitative estimate of drug-likeness (QED) is 0.723. The predicted molar refractivity (Wildman–Crippen MR) is 102 cm³/mol. The molecule has 0 bridgehead atoms. The minimum absolute atomic E-state index is 0.0792. The molecule has 1 aliphatic rings. The van der Waals surface area contributed by atoms with Gasteiger partial charge in [0.2, 0.25) is 5.91 Å². The van der Waals surface area contributed by atoms with Gasteiger partial charge in [-0.3, -0.25) is 9.78 Å². The van der Waals surface area contributed by atoms with Crippen molar-refractivity contribution in [2.24, 2.45) is 5.92 Å². The summed E-state index contributed by atoms with van der Waals surface area (Å²) >= 11 is 0. The van der Waals surface area contributed by atoms with Crippen molar-refractivity contribution in [2.45, 2.75) is 32.1 Å². The molecule has 1 aliphatic carbocycles. The Labute approximate surface area is 148 Å². The van der Waals surface area contributed by atoms with Crippen molar-refractivity contribution in [1.82, 2.24) is 4.98 Å². The van der Waals surface area contributed by atoms with E-state index >= 15 is 0 Å². The summed E-state index contributed by atoms with van der Waals surface area (Å²) in [5.41, 5.74) is 3.48. The zero-order valence-electron chi connectivity index (χ0n) is 14.6. The molecule has 1 saturated carbocycles. The highest BCUT2D eigenvalue weighted by Gasteiger charge is 2.44. The summed E-state index contributed by atoms with van der Waals surface area (Å²) < 4.78 is 0. The van der Waals surface area contributed by atoms with Crippen molar-refractivity contribution in [3.8, 4) is 0 Å². The lowest BCUT2D eigenvalue weighted by atomic mass is 9.98. The fourth-order valence-electron chi connectivity index (χ4n) is 3.40. The van der Waals surface area contributed by atoms with Crippen LogP contribution < -0.4 is 5.32 Å². The van der Waals surface area contributed by atoms with E-state index in [2.05, 4.69) is 48.4 Å². The highest BCUT2D eigenvalue weighted by molar-refractivity contribution is 5.97. The van der Waals surface area contributed by atoms with E-state index < -0.39 is 0 Å². The molecule has 0 saturated heterocycles. The summed E-state index contributed by atoms with van der Waals surface area (Å²) in [7, 11) is 0. The Morgan fingerprint density at radius 1 is 1.12 bits per heavy atom. The Kier molecular flexibility index (Phi) is 4.00. The molecule has 3 nitrogen and oxygen atoms in total. The molecule has 2 aromatic carbocycles. The SMILES string of the molecule is CC(C)c1cccc([C@@H]2C[C@H]2C(=O)Nc2ccc3cnccc3c2)c1. The summed E-state index contributed by atoms with van der Waals surface area (Å²) in [6.07, 6.45) is 4.54. The number of pyridine rings is 1. The number of anilines is 1. The predicted octanol–water partition coefficient (Wildman–Crippen LogP) is 5.10. The second-order valence-corrected chi connectivity index (χ2v) is 7.20. The Morgan fingerprint density at radius 2 is 2.00 bits per heavy atom. The molecule has 3 heteroatoms. The van der Waals surface area contributed by atoms with Crippen LogP contribution in [0.4, 0.5) is 5.69 Å². The van der Waals surface area contributed by atoms with E-state index in [0.29, 0.717) is 11.8 Å². The molecule has 0 unspecified atom stereocenters. The number of hydrogen-bond donors (Lipinski definition) is 1. The monoisotopic (exact) mass is 330 g/mol. The van der Waals surface area contributed by atoms with Gasteiger partial charge in [0, 0.05) is 29.4 Å². The Morgan fingerprint density at radius 3 is 2.84 bits per heavy atom. The maximum absolute atomic E-state index is 12.6. The number of carbonyl (C=O) groups excluding carboxylic acids is 1. The molecule has 126 valence electrons. The summed E-state index contributed by atoms with van der Waals surface area (Å²) in [4.78, 5) is 16.7. The molecule has 0 aliphatic heterocycles. The van der Waals surface area contributed by atoms with Crippen LogP contribution in [0.25, 0.3) is 10.8 Å². The van der Waals surface area contributed by atoms with Gasteiger partial charge >= 0.3 is 0 Å². The van der Waals surface area contributed by atoms with Gasteiger partial charge in [0.05, 0.1) is 0 Å². The number of amides is 1. The zero-order valence-corrected chi connectivity index (χ0v) is 14.6. The lowest BCUT2D eigenvalue weighted by molar-refractivity contribution is -0.117. The summed E-state index contributed by atoms with van der Waals surface area (Å²) in [6.45, 7) is 4.40. The molecule has 1 aromatic heterocycles. The third kappa shape index (κ3) is 3.27. The van der Waals surface area contributed by atoms with Crippen LogP contribution in [-0.2, 0) is 4.79 Å². The molecule has 1 N–H and O–H groups in total. The first-order chi connectivity index (χ1) is 12.1. The van der Waals surface area contributed by atoms with Crippen LogP contribution in [0, 0.1) is 5.92 Å². The number of aromatic nitrogens is 1. The number of nitrogens with one attached hydrogen (secondary N) is 1. The van der Waals surface area contributed by atoms with Crippen molar-refractivity contribution < 1.29 is 4.79 Å². The Balaban J connectivity index is 1.46. The van der Waals surface area contributed by atoms with Crippen molar-refractivity contribution in [3.63, 3.8) is 0 Å². The standard InChI is InChI=1S/C22H22N2O/c1-14(2)15-4-3-5-17(10-15)20-12-21(20)22(25)24-19-7-6-18-13-23-9-8-16(18)11-19/h3-11,13-14,20-21H,12H2,1-2H3,(H,24,25)/t20-,21+/m0/s1. The van der Waals surface area contributed by atoms with E-state index in [4.69, 9.17) is 0 Å². The van der Waals surface area contributed by atoms with Gasteiger partial charge in [-0.05, 0) is 53.0 Å². The van der Waals surface area contributed by atoms with Crippen LogP contribution in [0.1, 0.15) is 43.2 Å². The van der Waals surface area contributed by atoms with Crippen LogP contribution >= 0.6 is 0 Å². The van der Waals surface area contributed by atoms with Gasteiger partial charge in [0.25, 0.3) is 0 Å². The van der Waals surface area contributed by atoms with Crippen LogP contribution in [0.2, 0.25) is 0 Å². The molecular formula is C22H22N2O. The highest BCUT2D eigenvalue weighted by atomic mass is 16.2. The molecule has 0 spiro atoms. The summed E-state index contributed by atoms with van der Waals surface area (Å²) in [5, 5.41) is 5.24. The third-order valence-corrected chi connectivity index (χ3v) is 5.04. The first kappa shape index (κ1) is 15.8. The van der Waals surface area contributed by atoms with E-state index in [1.54, 1.807) is 6.20 Å². The average molecular weight is 330 g/mol. The van der Waals surface area contributed by atoms with Crippen LogP contribution in [0.15, 0.2) is 60.9 Å². The van der Waals surface area contributed by atoms with Crippen LogP contribution in [-0.4, -0.2) is 10.9 Å². The summed E-state index contributed by atoms with van der Waals surface area (Å²) in [5.74, 6) is 1.06. The lowest BCUT2D eigenvalue weighted by Crippen LogP contribution is -2.14. The second kappa shape index (κ2) is 6.32. The number of carbonyl (C=O) groups is 1. The molecule has 3 aromatic rings. The van der Waals surface area contributed by atoms with E-state index in [1.165, 1.54) is 11.1 Å². The molecule has 2 atom stereocenters. The smallest absolute Gasteiger partial charge is 0.228 e. The fraction of sp³-hybridized carbons (Fsp3) is 0.273. The third-order valence-electron chi connectivity index (χ3n) is 5.04. The first-order valence-corrected chi connectivity index (χ1v) is 8.86. The zero-order chi connectivity index (χ0) is 17.4. The molecule has 0 radical (unpaired) electrons. The van der Waals surface area contributed by atoms with Gasteiger partial charge in [0.15, 0.2) is 0 Å². The van der Waals surface area contributed by atoms with E-state index in [1.807, 2.05) is 30.5 Å². The van der Waals surface area contributed by atoms with Gasteiger partial charge in [-0.1, -0.05) is 44.2 Å². The van der Waals surface area contributed by atoms with Crippen LogP contribution in [0.5, 0.6) is 0 Å². The average Bonchev–Trinajstić information content (AvgIpc) is 3.43. The highest BCUT2D eigenvalue weighted by Crippen LogP contribution is 2.48. The molecule has 25 heavy (non-hydrogen) atoms. The number of rotatable bonds is 4. The first-order valence-electron chi connectivity index (χ1n) is 8.86. The van der Waals surface area contributed by atoms with E-state index in [0.717, 1.165) is 22.9 Å². The molecule has 1 heterocycles. The topological polar surface area (TPSA) is 42.0 Å². The Bertz CT molecular complexity index is 932. The largest absolute Gasteiger partial charge is 0.326 e. The number of benzene rings is 2. The van der Waals surface area contributed by atoms with Crippen molar-refractivity contribution in [2.75, 3.05) is 5.32 Å². The maximum Gasteiger partial charge on any atom is 0.228 e. The number of nitrogens with zero attached hydrogens (tertiary/aromatic N) is 1. The van der Waals surface area contributed by atoms with Gasteiger partial charge in [-0.15, -0.1) is 0 Å². The van der Waals surface area contributed by atoms with Gasteiger partial charge in [-0.25, -0.2) is 0 Å². The van der Waals surface area contributed by atoms with Gasteiger partial charge < -0.3 is 5.32 Å². The lowest BCUT2D eigenvalue weighted by Gasteiger charge is -2.09. The van der Waals surface area contributed by atoms with Gasteiger partial charge in [-0.2, -0.15) is 0 Å². The minimum Gasteiger partial charge on any atom is -0.326 e. The molecule has 1 fully saturated rings. The molecule has 1 amide bonds. The van der Waals surface area contributed by atoms with E-state index in [-0.39, 0.29) is 11.8 Å².